The third-order valence-electron chi connectivity index (χ3n) is 3.87. The van der Waals surface area contributed by atoms with E-state index in [1.165, 1.54) is 13.3 Å². The van der Waals surface area contributed by atoms with E-state index in [2.05, 4.69) is 10.9 Å². The smallest absolute Gasteiger partial charge is 0.381 e. The maximum atomic E-state index is 12.8. The molecule has 0 aliphatic heterocycles. The van der Waals surface area contributed by atoms with Crippen LogP contribution in [0.2, 0.25) is 10.0 Å². The fourth-order valence-electron chi connectivity index (χ4n) is 2.63. The number of aliphatic carboxylic acids is 1. The number of halogens is 2. The van der Waals surface area contributed by atoms with Crippen LogP contribution in [0.4, 0.5) is 0 Å². The van der Waals surface area contributed by atoms with Gasteiger partial charge in [0.2, 0.25) is 0 Å². The summed E-state index contributed by atoms with van der Waals surface area (Å²) in [6, 6.07) is 4.75. The van der Waals surface area contributed by atoms with Gasteiger partial charge in [0, 0.05) is 23.2 Å². The Hall–Kier alpha value is -3.12. The van der Waals surface area contributed by atoms with E-state index in [0.717, 1.165) is 0 Å². The molecular weight excluding hydrogens is 449 g/mol. The summed E-state index contributed by atoms with van der Waals surface area (Å²) in [5.41, 5.74) is 0.480. The molecule has 1 aromatic heterocycles. The van der Waals surface area contributed by atoms with Crippen LogP contribution in [0.25, 0.3) is 11.1 Å². The van der Waals surface area contributed by atoms with Crippen LogP contribution in [0.5, 0.6) is 0 Å². The third kappa shape index (κ3) is 5.95. The van der Waals surface area contributed by atoms with Crippen LogP contribution in [0, 0.1) is 11.8 Å². The van der Waals surface area contributed by atoms with Crippen molar-refractivity contribution >= 4 is 41.1 Å². The molecule has 1 heterocycles. The Morgan fingerprint density at radius 2 is 1.94 bits per heavy atom. The van der Waals surface area contributed by atoms with Crippen molar-refractivity contribution in [3.05, 3.63) is 51.3 Å². The summed E-state index contributed by atoms with van der Waals surface area (Å²) in [6.45, 7) is 1.25. The summed E-state index contributed by atoms with van der Waals surface area (Å²) in [7, 11) is 1.19. The first kappa shape index (κ1) is 24.2. The molecule has 2 aromatic rings. The molecular formula is C21H17Cl2NO7. The molecule has 0 unspecified atom stereocenters. The van der Waals surface area contributed by atoms with E-state index < -0.39 is 17.9 Å². The Morgan fingerprint density at radius 3 is 2.58 bits per heavy atom. The van der Waals surface area contributed by atoms with Gasteiger partial charge in [0.25, 0.3) is 0 Å². The summed E-state index contributed by atoms with van der Waals surface area (Å²) in [5.74, 6) is 1.41. The zero-order valence-electron chi connectivity index (χ0n) is 16.5. The number of aromatic nitrogens is 1. The van der Waals surface area contributed by atoms with Crippen molar-refractivity contribution in [3.63, 3.8) is 0 Å². The van der Waals surface area contributed by atoms with Crippen LogP contribution in [-0.2, 0) is 25.6 Å². The first-order valence-corrected chi connectivity index (χ1v) is 9.58. The summed E-state index contributed by atoms with van der Waals surface area (Å²) >= 11 is 12.5. The Morgan fingerprint density at radius 1 is 1.19 bits per heavy atom. The Bertz CT molecular complexity index is 1070. The van der Waals surface area contributed by atoms with Crippen LogP contribution in [-0.4, -0.2) is 48.3 Å². The molecule has 10 heteroatoms. The van der Waals surface area contributed by atoms with Crippen LogP contribution in [0.1, 0.15) is 33.3 Å². The van der Waals surface area contributed by atoms with Crippen LogP contribution < -0.4 is 0 Å². The fourth-order valence-corrected chi connectivity index (χ4v) is 3.03. The highest BCUT2D eigenvalue weighted by Crippen LogP contribution is 2.38. The number of hydrogen-bond acceptors (Lipinski definition) is 7. The predicted octanol–water partition coefficient (Wildman–Crippen LogP) is 3.62. The minimum Gasteiger partial charge on any atom is -0.472 e. The van der Waals surface area contributed by atoms with Crippen molar-refractivity contribution in [1.82, 2.24) is 4.98 Å². The monoisotopic (exact) mass is 465 g/mol. The lowest BCUT2D eigenvalue weighted by Gasteiger charge is -2.17. The number of esters is 2. The fraction of sp³-hybridized carbons (Fsp3) is 0.238. The van der Waals surface area contributed by atoms with Gasteiger partial charge in [0.15, 0.2) is 0 Å². The highest BCUT2D eigenvalue weighted by atomic mass is 35.5. The molecule has 0 bridgehead atoms. The number of carboxylic acids is 1. The number of rotatable bonds is 7. The van der Waals surface area contributed by atoms with Gasteiger partial charge in [-0.05, 0) is 13.0 Å². The molecule has 0 fully saturated rings. The maximum absolute atomic E-state index is 12.8. The predicted molar refractivity (Wildman–Crippen MR) is 112 cm³/mol. The third-order valence-corrected chi connectivity index (χ3v) is 4.69. The van der Waals surface area contributed by atoms with Gasteiger partial charge < -0.3 is 19.3 Å². The van der Waals surface area contributed by atoms with E-state index in [4.69, 9.17) is 42.5 Å². The number of carboxylic acid groups (broad SMARTS) is 1. The van der Waals surface area contributed by atoms with Gasteiger partial charge in [0.1, 0.15) is 6.61 Å². The highest BCUT2D eigenvalue weighted by molar-refractivity contribution is 6.44. The van der Waals surface area contributed by atoms with Gasteiger partial charge in [-0.1, -0.05) is 41.3 Å². The number of carbonyl (C=O) groups is 3. The molecule has 0 saturated heterocycles. The minimum absolute atomic E-state index is 0.0239. The molecule has 0 aliphatic carbocycles. The van der Waals surface area contributed by atoms with Crippen molar-refractivity contribution in [1.29, 1.82) is 0 Å². The standard InChI is InChI=1S/C21H17Cl2NO7/c1-3-31-21(28)18-15(11-30-9-5-8-16(25)26)24-10-13(20(27)29-2)17(18)12-6-4-7-14(22)19(12)23/h4,6-7,10H,3,9,11H2,1-2H3,(H,25,26). The normalized spacial score (nSPS) is 10.1. The zero-order chi connectivity index (χ0) is 23.0. The Kier molecular flexibility index (Phi) is 8.82. The summed E-state index contributed by atoms with van der Waals surface area (Å²) in [4.78, 5) is 39.9. The number of ether oxygens (including phenoxy) is 3. The average Bonchev–Trinajstić information content (AvgIpc) is 2.74. The number of hydrogen-bond donors (Lipinski definition) is 1. The largest absolute Gasteiger partial charge is 0.472 e. The van der Waals surface area contributed by atoms with E-state index in [9.17, 15) is 14.4 Å². The van der Waals surface area contributed by atoms with Crippen LogP contribution in [0.15, 0.2) is 24.4 Å². The van der Waals surface area contributed by atoms with Gasteiger partial charge in [-0.2, -0.15) is 0 Å². The summed E-state index contributed by atoms with van der Waals surface area (Å²) in [6.07, 6.45) is 1.22. The van der Waals surface area contributed by atoms with E-state index >= 15 is 0 Å². The molecule has 0 spiro atoms. The quantitative estimate of drug-likeness (QED) is 0.374. The molecule has 8 nitrogen and oxygen atoms in total. The highest BCUT2D eigenvalue weighted by Gasteiger charge is 2.28. The molecule has 0 aliphatic rings. The van der Waals surface area contributed by atoms with Crippen molar-refractivity contribution in [2.24, 2.45) is 0 Å². The summed E-state index contributed by atoms with van der Waals surface area (Å²) < 4.78 is 15.3. The second kappa shape index (κ2) is 11.3. The molecule has 0 radical (unpaired) electrons. The number of nitrogens with zero attached hydrogens (tertiary/aromatic N) is 1. The van der Waals surface area contributed by atoms with Crippen molar-refractivity contribution < 1.29 is 33.7 Å². The number of pyridine rings is 1. The lowest BCUT2D eigenvalue weighted by Crippen LogP contribution is -2.17. The first-order chi connectivity index (χ1) is 14.8. The lowest BCUT2D eigenvalue weighted by molar-refractivity contribution is -0.130. The molecule has 0 amide bonds. The van der Waals surface area contributed by atoms with Crippen molar-refractivity contribution in [2.75, 3.05) is 20.3 Å². The van der Waals surface area contributed by atoms with E-state index in [0.29, 0.717) is 5.56 Å². The lowest BCUT2D eigenvalue weighted by atomic mass is 9.94. The van der Waals surface area contributed by atoms with Crippen molar-refractivity contribution in [3.8, 4) is 23.0 Å². The topological polar surface area (TPSA) is 112 Å². The van der Waals surface area contributed by atoms with Crippen molar-refractivity contribution in [2.45, 2.75) is 13.5 Å². The second-order valence-electron chi connectivity index (χ2n) is 5.78. The van der Waals surface area contributed by atoms with Crippen LogP contribution >= 0.6 is 23.2 Å². The molecule has 0 atom stereocenters. The van der Waals surface area contributed by atoms with E-state index in [-0.39, 0.29) is 52.3 Å². The molecule has 0 saturated carbocycles. The number of methoxy groups -OCH3 is 1. The van der Waals surface area contributed by atoms with Crippen LogP contribution in [0.3, 0.4) is 0 Å². The molecule has 1 N–H and O–H groups in total. The molecule has 31 heavy (non-hydrogen) atoms. The molecule has 2 rings (SSSR count). The van der Waals surface area contributed by atoms with E-state index in [1.807, 2.05) is 5.92 Å². The van der Waals surface area contributed by atoms with Gasteiger partial charge in [-0.15, -0.1) is 0 Å². The average molecular weight is 466 g/mol. The molecule has 162 valence electrons. The van der Waals surface area contributed by atoms with E-state index in [1.54, 1.807) is 25.1 Å². The minimum atomic E-state index is -1.30. The maximum Gasteiger partial charge on any atom is 0.381 e. The second-order valence-corrected chi connectivity index (χ2v) is 6.57. The van der Waals surface area contributed by atoms with Gasteiger partial charge in [-0.25, -0.2) is 14.4 Å². The van der Waals surface area contributed by atoms with Gasteiger partial charge >= 0.3 is 17.9 Å². The van der Waals surface area contributed by atoms with Gasteiger partial charge in [0.05, 0.1) is 47.2 Å². The number of benzene rings is 1. The zero-order valence-corrected chi connectivity index (χ0v) is 18.0. The number of carbonyl (C=O) groups excluding carboxylic acids is 2. The first-order valence-electron chi connectivity index (χ1n) is 8.83. The Balaban J connectivity index is 2.69. The summed E-state index contributed by atoms with van der Waals surface area (Å²) in [5, 5.41) is 8.88. The van der Waals surface area contributed by atoms with Gasteiger partial charge in [-0.3, -0.25) is 4.98 Å². The SMILES string of the molecule is CCOC(=O)c1c(COCC#CC(=O)O)ncc(C(=O)OC)c1-c1cccc(Cl)c1Cl. The Labute approximate surface area is 188 Å². The molecule has 1 aromatic carbocycles.